The van der Waals surface area contributed by atoms with Crippen molar-refractivity contribution in [1.29, 1.82) is 0 Å². The molecule has 10 atom stereocenters. The number of nitrogens with one attached hydrogen (secondary N) is 1. The first-order valence-corrected chi connectivity index (χ1v) is 18.0. The molecule has 2 unspecified atom stereocenters. The first-order valence-electron chi connectivity index (χ1n) is 14.1. The quantitative estimate of drug-likeness (QED) is 0.175. The Balaban J connectivity index is 1.13. The molecule has 7 heterocycles. The number of fused-ring (bicyclic) bond motifs is 4. The highest BCUT2D eigenvalue weighted by atomic mass is 32.7. The van der Waals surface area contributed by atoms with E-state index < -0.39 is 75.2 Å². The molecular weight excluding hydrogens is 673 g/mol. The second-order valence-corrected chi connectivity index (χ2v) is 15.3. The highest BCUT2D eigenvalue weighted by Gasteiger charge is 2.82. The minimum atomic E-state index is -4.23. The molecule has 19 nitrogen and oxygen atoms in total. The van der Waals surface area contributed by atoms with Crippen molar-refractivity contribution in [1.82, 2.24) is 39.0 Å². The van der Waals surface area contributed by atoms with Gasteiger partial charge in [-0.2, -0.15) is 4.98 Å². The van der Waals surface area contributed by atoms with Crippen LogP contribution < -0.4 is 17.0 Å². The van der Waals surface area contributed by atoms with E-state index in [0.29, 0.717) is 17.6 Å². The first-order chi connectivity index (χ1) is 22.0. The lowest BCUT2D eigenvalue weighted by Gasteiger charge is -2.28. The van der Waals surface area contributed by atoms with Crippen molar-refractivity contribution in [2.45, 2.75) is 61.8 Å². The Morgan fingerprint density at radius 3 is 2.72 bits per heavy atom. The molecule has 0 amide bonds. The number of alkyl halides is 1. The molecule has 0 radical (unpaired) electrons. The predicted molar refractivity (Wildman–Crippen MR) is 159 cm³/mol. The summed E-state index contributed by atoms with van der Waals surface area (Å²) >= 11 is 4.23. The summed E-state index contributed by atoms with van der Waals surface area (Å²) in [6.45, 7) is -3.26. The number of anilines is 2. The summed E-state index contributed by atoms with van der Waals surface area (Å²) in [6.07, 6.45) is -2.36. The molecule has 0 aromatic carbocycles. The van der Waals surface area contributed by atoms with E-state index in [1.165, 1.54) is 23.5 Å². The highest BCUT2D eigenvalue weighted by molar-refractivity contribution is 8.44. The van der Waals surface area contributed by atoms with Gasteiger partial charge in [0.25, 0.3) is 5.56 Å². The lowest BCUT2D eigenvalue weighted by molar-refractivity contribution is -0.0720. The summed E-state index contributed by atoms with van der Waals surface area (Å²) in [7, 11) is -3.44. The van der Waals surface area contributed by atoms with Crippen molar-refractivity contribution in [2.24, 2.45) is 5.92 Å². The zero-order chi connectivity index (χ0) is 32.2. The van der Waals surface area contributed by atoms with Crippen LogP contribution in [-0.2, 0) is 36.7 Å². The largest absolute Gasteiger partial charge is 0.386 e. The van der Waals surface area contributed by atoms with E-state index in [2.05, 4.69) is 42.2 Å². The van der Waals surface area contributed by atoms with Gasteiger partial charge < -0.3 is 25.5 Å². The number of hydrogen-bond acceptors (Lipinski definition) is 16. The molecule has 2 bridgehead atoms. The molecule has 4 aliphatic rings. The van der Waals surface area contributed by atoms with Crippen molar-refractivity contribution in [3.63, 3.8) is 0 Å². The van der Waals surface area contributed by atoms with Crippen molar-refractivity contribution < 1.29 is 41.1 Å². The summed E-state index contributed by atoms with van der Waals surface area (Å²) < 4.78 is 81.4. The topological polar surface area (TPSA) is 249 Å². The van der Waals surface area contributed by atoms with E-state index in [-0.39, 0.29) is 36.0 Å². The van der Waals surface area contributed by atoms with Gasteiger partial charge in [-0.3, -0.25) is 37.0 Å². The van der Waals surface area contributed by atoms with Crippen LogP contribution in [0.3, 0.4) is 0 Å². The summed E-state index contributed by atoms with van der Waals surface area (Å²) in [5, 5.41) is 0. The van der Waals surface area contributed by atoms with Crippen LogP contribution in [0.15, 0.2) is 23.8 Å². The van der Waals surface area contributed by atoms with E-state index >= 15 is 4.39 Å². The molecule has 3 saturated heterocycles. The van der Waals surface area contributed by atoms with E-state index in [9.17, 15) is 13.9 Å². The average Bonchev–Trinajstić information content (AvgIpc) is 3.46. The monoisotopic (exact) mass is 700 g/mol. The van der Waals surface area contributed by atoms with Crippen molar-refractivity contribution >= 4 is 61.4 Å². The molecule has 8 rings (SSSR count). The van der Waals surface area contributed by atoms with E-state index in [1.54, 1.807) is 4.57 Å². The van der Waals surface area contributed by atoms with Gasteiger partial charge in [-0.15, -0.1) is 0 Å². The van der Waals surface area contributed by atoms with Crippen molar-refractivity contribution in [2.75, 3.05) is 24.7 Å². The van der Waals surface area contributed by atoms with E-state index in [4.69, 9.17) is 39.0 Å². The van der Waals surface area contributed by atoms with Gasteiger partial charge in [0.2, 0.25) is 5.95 Å². The number of nitrogen functional groups attached to an aromatic ring is 2. The van der Waals surface area contributed by atoms with Gasteiger partial charge in [0.15, 0.2) is 35.0 Å². The number of nitrogens with two attached hydrogens (primary N) is 2. The number of halogens is 1. The number of rotatable bonds is 3. The Morgan fingerprint density at radius 2 is 1.93 bits per heavy atom. The molecule has 0 spiro atoms. The number of nitrogens with zero attached hydrogens (tertiary/aromatic N) is 7. The molecule has 5 N–H and O–H groups in total. The zero-order valence-corrected chi connectivity index (χ0v) is 26.5. The normalized spacial score (nSPS) is 39.4. The third kappa shape index (κ3) is 4.48. The van der Waals surface area contributed by atoms with Crippen LogP contribution in [0.5, 0.6) is 0 Å². The molecule has 3 aliphatic heterocycles. The van der Waals surface area contributed by atoms with Gasteiger partial charge in [0.1, 0.15) is 41.5 Å². The number of H-pyrrole nitrogens is 1. The standard InChI is InChI=1S/C23H27FN10O9P2S/c1-2-9-19(33-7-29-12-15(25)27-6-28-16(12)33)41-22-4-23(9,22)43-45(37,46)39-3-10-11(24)14(42-44(36)38-5-22)20(40-10)34-8-30-13-17(34)31-21(26)32-18(13)35/h6-11,14,19-20,44H,2-5H2,1H3,(H,37,46)(H2,25,27,28)(H3,26,31,32,35)/t9-,10+,11+,14+,19+,20+,22+,23-,45?/m0/s1. The smallest absolute Gasteiger partial charge is 0.382 e. The summed E-state index contributed by atoms with van der Waals surface area (Å²) in [6, 6.07) is 0. The summed E-state index contributed by atoms with van der Waals surface area (Å²) in [4.78, 5) is 35.4. The second kappa shape index (κ2) is 10.5. The number of thiol groups is 1. The van der Waals surface area contributed by atoms with Crippen LogP contribution in [0.4, 0.5) is 16.2 Å². The Hall–Kier alpha value is -3.00. The molecule has 246 valence electrons. The Kier molecular flexibility index (Phi) is 6.93. The predicted octanol–water partition coefficient (Wildman–Crippen LogP) is 1.67. The maximum atomic E-state index is 15.9. The molecule has 4 aromatic rings. The Labute approximate surface area is 263 Å². The Morgan fingerprint density at radius 1 is 1.17 bits per heavy atom. The van der Waals surface area contributed by atoms with Crippen LogP contribution in [0.1, 0.15) is 32.2 Å². The first kappa shape index (κ1) is 30.3. The van der Waals surface area contributed by atoms with Gasteiger partial charge in [-0.25, -0.2) is 28.9 Å². The second-order valence-electron chi connectivity index (χ2n) is 11.4. The van der Waals surface area contributed by atoms with Crippen molar-refractivity contribution in [3.05, 3.63) is 29.3 Å². The zero-order valence-electron chi connectivity index (χ0n) is 23.8. The Bertz CT molecular complexity index is 2020. The van der Waals surface area contributed by atoms with Crippen LogP contribution in [-0.4, -0.2) is 81.8 Å². The minimum Gasteiger partial charge on any atom is -0.382 e. The van der Waals surface area contributed by atoms with Crippen molar-refractivity contribution in [3.8, 4) is 0 Å². The number of ether oxygens (including phenoxy) is 2. The summed E-state index contributed by atoms with van der Waals surface area (Å²) in [5.74, 6) is -0.505. The number of imidazole rings is 2. The molecule has 1 aliphatic carbocycles. The van der Waals surface area contributed by atoms with Gasteiger partial charge >= 0.3 is 15.1 Å². The number of aromatic nitrogens is 8. The molecule has 46 heavy (non-hydrogen) atoms. The SMILES string of the molecule is CC[C@H]1[C@H](n2cnc3c(N)ncnc32)O[C@]23CO[PH](=O)O[C@@H]4[C@H](F)[C@@H](COP(=O)(S)O[C@@]12C3)O[C@H]4n1cnc2c(=O)[nH]c(N)nc21. The highest BCUT2D eigenvalue weighted by Crippen LogP contribution is 2.75. The van der Waals surface area contributed by atoms with Gasteiger partial charge in [0.05, 0.1) is 25.9 Å². The number of aromatic amines is 1. The van der Waals surface area contributed by atoms with E-state index in [0.717, 1.165) is 0 Å². The third-order valence-corrected chi connectivity index (χ3v) is 11.4. The molecule has 1 saturated carbocycles. The lowest BCUT2D eigenvalue weighted by Crippen LogP contribution is -2.33. The minimum absolute atomic E-state index is 0.0322. The van der Waals surface area contributed by atoms with E-state index in [1.807, 2.05) is 6.92 Å². The maximum absolute atomic E-state index is 15.9. The fourth-order valence-corrected chi connectivity index (χ4v) is 9.48. The molecule has 4 fully saturated rings. The average molecular weight is 701 g/mol. The van der Waals surface area contributed by atoms with Crippen LogP contribution >= 0.6 is 27.3 Å². The van der Waals surface area contributed by atoms with Gasteiger partial charge in [-0.05, 0) is 6.42 Å². The molecule has 4 aromatic heterocycles. The summed E-state index contributed by atoms with van der Waals surface area (Å²) in [5.41, 5.74) is 9.18. The van der Waals surface area contributed by atoms with Crippen LogP contribution in [0, 0.1) is 5.92 Å². The van der Waals surface area contributed by atoms with Gasteiger partial charge in [-0.1, -0.05) is 19.2 Å². The van der Waals surface area contributed by atoms with Crippen LogP contribution in [0.25, 0.3) is 22.3 Å². The van der Waals surface area contributed by atoms with Crippen LogP contribution in [0.2, 0.25) is 0 Å². The third-order valence-electron chi connectivity index (χ3n) is 8.91. The molecular formula is C23H27FN10O9P2S. The maximum Gasteiger partial charge on any atom is 0.386 e. The molecule has 23 heteroatoms. The number of hydrogen-bond donors (Lipinski definition) is 4. The lowest BCUT2D eigenvalue weighted by atomic mass is 9.95. The van der Waals surface area contributed by atoms with Gasteiger partial charge in [0, 0.05) is 12.3 Å². The fourth-order valence-electron chi connectivity index (χ4n) is 6.79. The fraction of sp³-hybridized carbons (Fsp3) is 0.565.